The number of hydrogen-bond donors (Lipinski definition) is 0. The van der Waals surface area contributed by atoms with Gasteiger partial charge in [-0.15, -0.1) is 0 Å². The summed E-state index contributed by atoms with van der Waals surface area (Å²) in [6.07, 6.45) is 5.06. The highest BCUT2D eigenvalue weighted by atomic mass is 19.3. The number of nitrogens with zero attached hydrogens (tertiary/aromatic N) is 3. The van der Waals surface area contributed by atoms with Crippen molar-refractivity contribution in [1.82, 2.24) is 15.0 Å². The van der Waals surface area contributed by atoms with Crippen molar-refractivity contribution in [3.8, 4) is 5.88 Å². The van der Waals surface area contributed by atoms with E-state index in [1.165, 1.54) is 6.33 Å². The molecule has 106 valence electrons. The van der Waals surface area contributed by atoms with E-state index in [4.69, 9.17) is 0 Å². The van der Waals surface area contributed by atoms with Crippen molar-refractivity contribution in [1.29, 1.82) is 0 Å². The average molecular weight is 287 g/mol. The molecule has 0 saturated heterocycles. The summed E-state index contributed by atoms with van der Waals surface area (Å²) in [4.78, 5) is 12.0. The van der Waals surface area contributed by atoms with Crippen LogP contribution in [0.3, 0.4) is 0 Å². The summed E-state index contributed by atoms with van der Waals surface area (Å²) in [5.41, 5.74) is 1.98. The zero-order valence-electron chi connectivity index (χ0n) is 10.9. The van der Waals surface area contributed by atoms with Gasteiger partial charge in [0.1, 0.15) is 6.33 Å². The van der Waals surface area contributed by atoms with E-state index < -0.39 is 6.61 Å². The van der Waals surface area contributed by atoms with Crippen molar-refractivity contribution in [3.63, 3.8) is 0 Å². The second-order valence-corrected chi connectivity index (χ2v) is 4.45. The highest BCUT2D eigenvalue weighted by Gasteiger charge is 2.13. The number of alkyl halides is 2. The Bertz CT molecular complexity index is 750. The normalized spacial score (nSPS) is 11.0. The van der Waals surface area contributed by atoms with E-state index in [0.717, 1.165) is 10.9 Å². The Kier molecular flexibility index (Phi) is 3.68. The topological polar surface area (TPSA) is 47.9 Å². The van der Waals surface area contributed by atoms with Crippen molar-refractivity contribution in [3.05, 3.63) is 60.2 Å². The van der Waals surface area contributed by atoms with Crippen LogP contribution in [0.25, 0.3) is 10.9 Å². The van der Waals surface area contributed by atoms with Gasteiger partial charge in [0.25, 0.3) is 0 Å². The number of ether oxygens (including phenoxy) is 1. The summed E-state index contributed by atoms with van der Waals surface area (Å²) in [6.45, 7) is -2.91. The van der Waals surface area contributed by atoms with Crippen LogP contribution in [0.15, 0.2) is 49.1 Å². The van der Waals surface area contributed by atoms with Crippen LogP contribution in [0.4, 0.5) is 8.78 Å². The van der Waals surface area contributed by atoms with Crippen LogP contribution in [-0.4, -0.2) is 21.6 Å². The number of pyridine rings is 1. The molecule has 0 aliphatic rings. The predicted octanol–water partition coefficient (Wildman–Crippen LogP) is 3.22. The summed E-state index contributed by atoms with van der Waals surface area (Å²) >= 11 is 0. The lowest BCUT2D eigenvalue weighted by atomic mass is 10.1. The van der Waals surface area contributed by atoms with Gasteiger partial charge in [-0.05, 0) is 17.7 Å². The zero-order chi connectivity index (χ0) is 14.7. The van der Waals surface area contributed by atoms with E-state index in [0.29, 0.717) is 17.5 Å². The van der Waals surface area contributed by atoms with Crippen LogP contribution in [0.5, 0.6) is 5.88 Å². The number of rotatable bonds is 4. The Hall–Kier alpha value is -2.63. The van der Waals surface area contributed by atoms with Crippen molar-refractivity contribution in [2.24, 2.45) is 0 Å². The summed E-state index contributed by atoms with van der Waals surface area (Å²) in [5, 5.41) is 0.867. The van der Waals surface area contributed by atoms with E-state index in [-0.39, 0.29) is 5.88 Å². The first-order valence-electron chi connectivity index (χ1n) is 6.30. The Morgan fingerprint density at radius 3 is 2.62 bits per heavy atom. The quantitative estimate of drug-likeness (QED) is 0.739. The summed E-state index contributed by atoms with van der Waals surface area (Å²) in [6, 6.07) is 9.09. The molecule has 2 heterocycles. The molecule has 0 N–H and O–H groups in total. The van der Waals surface area contributed by atoms with Gasteiger partial charge in [-0.25, -0.2) is 15.0 Å². The first-order chi connectivity index (χ1) is 10.2. The van der Waals surface area contributed by atoms with Crippen LogP contribution in [0.2, 0.25) is 0 Å². The monoisotopic (exact) mass is 287 g/mol. The van der Waals surface area contributed by atoms with Gasteiger partial charge in [0.15, 0.2) is 0 Å². The Morgan fingerprint density at radius 1 is 1.10 bits per heavy atom. The molecule has 6 heteroatoms. The van der Waals surface area contributed by atoms with Crippen LogP contribution in [0.1, 0.15) is 11.1 Å². The molecule has 1 aromatic carbocycles. The number of hydrogen-bond acceptors (Lipinski definition) is 4. The molecule has 0 fully saturated rings. The molecule has 0 atom stereocenters. The minimum absolute atomic E-state index is 0.0625. The van der Waals surface area contributed by atoms with Gasteiger partial charge < -0.3 is 4.74 Å². The fourth-order valence-electron chi connectivity index (χ4n) is 2.10. The minimum atomic E-state index is -2.91. The fourth-order valence-corrected chi connectivity index (χ4v) is 2.10. The molecule has 3 rings (SSSR count). The third-order valence-electron chi connectivity index (χ3n) is 2.97. The zero-order valence-corrected chi connectivity index (χ0v) is 10.9. The van der Waals surface area contributed by atoms with Gasteiger partial charge in [-0.1, -0.05) is 18.2 Å². The molecule has 3 aromatic rings. The molecule has 0 radical (unpaired) electrons. The number of benzene rings is 1. The maximum atomic E-state index is 12.6. The molecule has 0 spiro atoms. The van der Waals surface area contributed by atoms with E-state index in [9.17, 15) is 8.78 Å². The maximum absolute atomic E-state index is 12.6. The Labute approximate surface area is 119 Å². The third-order valence-corrected chi connectivity index (χ3v) is 2.97. The van der Waals surface area contributed by atoms with Crippen molar-refractivity contribution >= 4 is 10.9 Å². The predicted molar refractivity (Wildman–Crippen MR) is 73.2 cm³/mol. The molecule has 2 aromatic heterocycles. The van der Waals surface area contributed by atoms with Crippen molar-refractivity contribution in [2.45, 2.75) is 13.0 Å². The Balaban J connectivity index is 2.05. The first-order valence-corrected chi connectivity index (χ1v) is 6.30. The number of aromatic nitrogens is 3. The molecular weight excluding hydrogens is 276 g/mol. The standard InChI is InChI=1S/C15H11F2N3O/c16-15(17)21-14-12(5-10-7-18-9-19-8-10)6-11-3-1-2-4-13(11)20-14/h1-4,6-9,15H,5H2. The SMILES string of the molecule is FC(F)Oc1nc2ccccc2cc1Cc1cncnc1. The molecule has 0 aliphatic heterocycles. The van der Waals surface area contributed by atoms with E-state index in [2.05, 4.69) is 19.7 Å². The highest BCUT2D eigenvalue weighted by Crippen LogP contribution is 2.25. The maximum Gasteiger partial charge on any atom is 0.388 e. The van der Waals surface area contributed by atoms with Crippen LogP contribution < -0.4 is 4.74 Å². The molecule has 21 heavy (non-hydrogen) atoms. The average Bonchev–Trinajstić information content (AvgIpc) is 2.48. The number of fused-ring (bicyclic) bond motifs is 1. The van der Waals surface area contributed by atoms with E-state index >= 15 is 0 Å². The van der Waals surface area contributed by atoms with E-state index in [1.807, 2.05) is 12.1 Å². The smallest absolute Gasteiger partial charge is 0.388 e. The minimum Gasteiger partial charge on any atom is -0.417 e. The van der Waals surface area contributed by atoms with Gasteiger partial charge in [0.2, 0.25) is 5.88 Å². The molecule has 0 bridgehead atoms. The largest absolute Gasteiger partial charge is 0.417 e. The van der Waals surface area contributed by atoms with Gasteiger partial charge in [0, 0.05) is 29.8 Å². The molecule has 0 aliphatic carbocycles. The molecular formula is C15H11F2N3O. The number of halogens is 2. The lowest BCUT2D eigenvalue weighted by Crippen LogP contribution is -2.07. The molecule has 0 amide bonds. The molecule has 4 nitrogen and oxygen atoms in total. The van der Waals surface area contributed by atoms with Crippen LogP contribution in [-0.2, 0) is 6.42 Å². The summed E-state index contributed by atoms with van der Waals surface area (Å²) in [5.74, 6) is -0.0625. The van der Waals surface area contributed by atoms with Crippen molar-refractivity contribution < 1.29 is 13.5 Å². The highest BCUT2D eigenvalue weighted by molar-refractivity contribution is 5.80. The summed E-state index contributed by atoms with van der Waals surface area (Å²) in [7, 11) is 0. The lowest BCUT2D eigenvalue weighted by molar-refractivity contribution is -0.0532. The van der Waals surface area contributed by atoms with Crippen molar-refractivity contribution in [2.75, 3.05) is 0 Å². The second kappa shape index (κ2) is 5.78. The first kappa shape index (κ1) is 13.4. The van der Waals surface area contributed by atoms with Gasteiger partial charge >= 0.3 is 6.61 Å². The van der Waals surface area contributed by atoms with Gasteiger partial charge in [-0.3, -0.25) is 0 Å². The Morgan fingerprint density at radius 2 is 1.86 bits per heavy atom. The fraction of sp³-hybridized carbons (Fsp3) is 0.133. The third kappa shape index (κ3) is 3.10. The van der Waals surface area contributed by atoms with E-state index in [1.54, 1.807) is 30.6 Å². The van der Waals surface area contributed by atoms with Gasteiger partial charge in [0.05, 0.1) is 5.52 Å². The molecule has 0 unspecified atom stereocenters. The van der Waals surface area contributed by atoms with Gasteiger partial charge in [-0.2, -0.15) is 8.78 Å². The molecule has 0 saturated carbocycles. The second-order valence-electron chi connectivity index (χ2n) is 4.45. The lowest BCUT2D eigenvalue weighted by Gasteiger charge is -2.11. The van der Waals surface area contributed by atoms with Crippen LogP contribution in [0, 0.1) is 0 Å². The number of para-hydroxylation sites is 1. The van der Waals surface area contributed by atoms with Crippen LogP contribution >= 0.6 is 0 Å². The summed E-state index contributed by atoms with van der Waals surface area (Å²) < 4.78 is 29.6.